The second kappa shape index (κ2) is 3.92. The van der Waals surface area contributed by atoms with Gasteiger partial charge < -0.3 is 10.5 Å². The molecule has 0 saturated carbocycles. The molecule has 5 nitrogen and oxygen atoms in total. The van der Waals surface area contributed by atoms with E-state index in [1.807, 2.05) is 0 Å². The van der Waals surface area contributed by atoms with Gasteiger partial charge in [0.2, 0.25) is 5.91 Å². The van der Waals surface area contributed by atoms with Crippen LogP contribution in [0.15, 0.2) is 12.3 Å². The number of amides is 2. The Kier molecular flexibility index (Phi) is 3.02. The minimum absolute atomic E-state index is 0.453. The lowest BCUT2D eigenvalue weighted by Gasteiger charge is -2.26. The van der Waals surface area contributed by atoms with Crippen LogP contribution in [-0.4, -0.2) is 28.5 Å². The van der Waals surface area contributed by atoms with Gasteiger partial charge in [-0.05, 0) is 27.2 Å². The molecule has 2 amide bonds. The summed E-state index contributed by atoms with van der Waals surface area (Å²) in [4.78, 5) is 23.9. The Bertz CT molecular complexity index is 304. The molecule has 1 atom stereocenters. The molecule has 84 valence electrons. The zero-order chi connectivity index (χ0) is 11.6. The van der Waals surface area contributed by atoms with Crippen molar-refractivity contribution in [2.45, 2.75) is 38.8 Å². The number of carbonyl (C=O) groups excluding carboxylic acids is 2. The molecule has 2 N–H and O–H groups in total. The fourth-order valence-electron chi connectivity index (χ4n) is 1.28. The van der Waals surface area contributed by atoms with Crippen LogP contribution in [0.4, 0.5) is 4.79 Å². The second-order valence-corrected chi connectivity index (χ2v) is 4.43. The number of hydrogen-bond donors (Lipinski definition) is 1. The highest BCUT2D eigenvalue weighted by molar-refractivity contribution is 5.85. The first-order valence-electron chi connectivity index (χ1n) is 4.78. The van der Waals surface area contributed by atoms with E-state index in [1.165, 1.54) is 11.1 Å². The van der Waals surface area contributed by atoms with Gasteiger partial charge in [-0.15, -0.1) is 0 Å². The molecule has 0 aromatic rings. The molecular weight excluding hydrogens is 196 g/mol. The molecule has 1 aliphatic heterocycles. The Balaban J connectivity index is 2.67. The normalized spacial score (nSPS) is 20.5. The maximum absolute atomic E-state index is 11.6. The van der Waals surface area contributed by atoms with Crippen molar-refractivity contribution < 1.29 is 14.3 Å². The molecular formula is C10H16N2O3. The van der Waals surface area contributed by atoms with Crippen LogP contribution < -0.4 is 5.73 Å². The highest BCUT2D eigenvalue weighted by Gasteiger charge is 2.32. The summed E-state index contributed by atoms with van der Waals surface area (Å²) in [5, 5.41) is 0. The van der Waals surface area contributed by atoms with E-state index >= 15 is 0 Å². The van der Waals surface area contributed by atoms with Crippen LogP contribution in [-0.2, 0) is 9.53 Å². The van der Waals surface area contributed by atoms with E-state index in [9.17, 15) is 9.59 Å². The van der Waals surface area contributed by atoms with E-state index in [2.05, 4.69) is 0 Å². The molecule has 1 rings (SSSR count). The average Bonchev–Trinajstić information content (AvgIpc) is 2.47. The van der Waals surface area contributed by atoms with Crippen LogP contribution in [0.3, 0.4) is 0 Å². The molecule has 0 radical (unpaired) electrons. The van der Waals surface area contributed by atoms with Gasteiger partial charge in [0.15, 0.2) is 0 Å². The summed E-state index contributed by atoms with van der Waals surface area (Å²) in [6.07, 6.45) is 3.16. The van der Waals surface area contributed by atoms with Crippen LogP contribution in [0.5, 0.6) is 0 Å². The summed E-state index contributed by atoms with van der Waals surface area (Å²) >= 11 is 0. The summed E-state index contributed by atoms with van der Waals surface area (Å²) < 4.78 is 5.13. The number of primary amides is 1. The maximum Gasteiger partial charge on any atom is 0.415 e. The second-order valence-electron chi connectivity index (χ2n) is 4.43. The fourth-order valence-corrected chi connectivity index (χ4v) is 1.28. The molecule has 0 saturated heterocycles. The van der Waals surface area contributed by atoms with E-state index in [4.69, 9.17) is 10.5 Å². The van der Waals surface area contributed by atoms with Crippen LogP contribution in [0, 0.1) is 0 Å². The summed E-state index contributed by atoms with van der Waals surface area (Å²) in [5.74, 6) is -0.522. The fraction of sp³-hybridized carbons (Fsp3) is 0.600. The van der Waals surface area contributed by atoms with Crippen LogP contribution >= 0.6 is 0 Å². The smallest absolute Gasteiger partial charge is 0.415 e. The van der Waals surface area contributed by atoms with Gasteiger partial charge in [0.25, 0.3) is 0 Å². The first kappa shape index (κ1) is 11.6. The molecule has 0 fully saturated rings. The molecule has 0 spiro atoms. The molecule has 0 bridgehead atoms. The van der Waals surface area contributed by atoms with Gasteiger partial charge >= 0.3 is 6.09 Å². The molecule has 0 aromatic carbocycles. The summed E-state index contributed by atoms with van der Waals surface area (Å²) in [7, 11) is 0. The lowest BCUT2D eigenvalue weighted by atomic mass is 10.2. The van der Waals surface area contributed by atoms with E-state index in [0.717, 1.165) is 0 Å². The number of ether oxygens (including phenoxy) is 1. The summed E-state index contributed by atoms with van der Waals surface area (Å²) in [6, 6.07) is -0.611. The van der Waals surface area contributed by atoms with Crippen LogP contribution in [0.2, 0.25) is 0 Å². The van der Waals surface area contributed by atoms with Gasteiger partial charge in [-0.1, -0.05) is 6.08 Å². The van der Waals surface area contributed by atoms with Crippen molar-refractivity contribution in [1.82, 2.24) is 4.90 Å². The molecule has 0 unspecified atom stereocenters. The van der Waals surface area contributed by atoms with Gasteiger partial charge in [-0.3, -0.25) is 9.69 Å². The molecule has 0 aliphatic carbocycles. The van der Waals surface area contributed by atoms with Gasteiger partial charge in [0, 0.05) is 6.20 Å². The highest BCUT2D eigenvalue weighted by atomic mass is 16.6. The minimum Gasteiger partial charge on any atom is -0.443 e. The lowest BCUT2D eigenvalue weighted by molar-refractivity contribution is -0.121. The third kappa shape index (κ3) is 2.97. The first-order valence-corrected chi connectivity index (χ1v) is 4.78. The van der Waals surface area contributed by atoms with E-state index in [0.29, 0.717) is 6.42 Å². The van der Waals surface area contributed by atoms with Gasteiger partial charge in [-0.2, -0.15) is 0 Å². The van der Waals surface area contributed by atoms with Gasteiger partial charge in [-0.25, -0.2) is 4.79 Å². The predicted octanol–water partition coefficient (Wildman–Crippen LogP) is 0.995. The number of carbonyl (C=O) groups is 2. The molecule has 1 aliphatic rings. The predicted molar refractivity (Wildman–Crippen MR) is 54.8 cm³/mol. The van der Waals surface area contributed by atoms with Crippen molar-refractivity contribution in [1.29, 1.82) is 0 Å². The molecule has 1 heterocycles. The minimum atomic E-state index is -0.611. The molecule has 15 heavy (non-hydrogen) atoms. The topological polar surface area (TPSA) is 72.6 Å². The van der Waals surface area contributed by atoms with E-state index in [1.54, 1.807) is 26.8 Å². The average molecular weight is 212 g/mol. The highest BCUT2D eigenvalue weighted by Crippen LogP contribution is 2.18. The number of nitrogens with two attached hydrogens (primary N) is 1. The van der Waals surface area contributed by atoms with Crippen LogP contribution in [0.1, 0.15) is 27.2 Å². The van der Waals surface area contributed by atoms with E-state index in [-0.39, 0.29) is 0 Å². The zero-order valence-corrected chi connectivity index (χ0v) is 9.19. The van der Waals surface area contributed by atoms with Crippen molar-refractivity contribution in [3.63, 3.8) is 0 Å². The lowest BCUT2D eigenvalue weighted by Crippen LogP contribution is -2.44. The van der Waals surface area contributed by atoms with Crippen molar-refractivity contribution in [2.75, 3.05) is 0 Å². The van der Waals surface area contributed by atoms with E-state index < -0.39 is 23.6 Å². The zero-order valence-electron chi connectivity index (χ0n) is 9.19. The SMILES string of the molecule is CC(C)(C)OC(=O)N1C=CC[C@@H]1C(N)=O. The largest absolute Gasteiger partial charge is 0.443 e. The van der Waals surface area contributed by atoms with Crippen molar-refractivity contribution in [3.8, 4) is 0 Å². The first-order chi connectivity index (χ1) is 6.81. The Morgan fingerprint density at radius 2 is 2.07 bits per heavy atom. The van der Waals surface area contributed by atoms with Crippen molar-refractivity contribution in [3.05, 3.63) is 12.3 Å². The van der Waals surface area contributed by atoms with Crippen molar-refractivity contribution >= 4 is 12.0 Å². The number of hydrogen-bond acceptors (Lipinski definition) is 3. The maximum atomic E-state index is 11.6. The van der Waals surface area contributed by atoms with Gasteiger partial charge in [0.05, 0.1) is 0 Å². The third-order valence-electron chi connectivity index (χ3n) is 1.89. The Hall–Kier alpha value is -1.52. The molecule has 5 heteroatoms. The molecule has 0 aromatic heterocycles. The quantitative estimate of drug-likeness (QED) is 0.704. The Morgan fingerprint density at radius 3 is 2.53 bits per heavy atom. The van der Waals surface area contributed by atoms with Gasteiger partial charge in [0.1, 0.15) is 11.6 Å². The van der Waals surface area contributed by atoms with Crippen molar-refractivity contribution in [2.24, 2.45) is 5.73 Å². The summed E-state index contributed by atoms with van der Waals surface area (Å²) in [5.41, 5.74) is 4.59. The monoisotopic (exact) mass is 212 g/mol. The standard InChI is InChI=1S/C10H16N2O3/c1-10(2,3)15-9(14)12-6-4-5-7(12)8(11)13/h4,6-7H,5H2,1-3H3,(H2,11,13)/t7-/m1/s1. The Morgan fingerprint density at radius 1 is 1.47 bits per heavy atom. The van der Waals surface area contributed by atoms with Crippen LogP contribution in [0.25, 0.3) is 0 Å². The third-order valence-corrected chi connectivity index (χ3v) is 1.89. The number of rotatable bonds is 1. The Labute approximate surface area is 88.9 Å². The number of nitrogens with zero attached hydrogens (tertiary/aromatic N) is 1. The summed E-state index contributed by atoms with van der Waals surface area (Å²) in [6.45, 7) is 5.30.